The molecule has 1 fully saturated rings. The standard InChI is InChI=1S/C15H22N2O4/c1-20-10-11-21-14-5-3-2-4-13(14)17-8-6-16(7-9-17)12-15(18)19/h2-5H,6-12H2,1H3,(H,18,19). The van der Waals surface area contributed by atoms with Crippen LogP contribution in [0.3, 0.4) is 0 Å². The molecule has 0 aliphatic carbocycles. The van der Waals surface area contributed by atoms with Gasteiger partial charge in [0.2, 0.25) is 0 Å². The van der Waals surface area contributed by atoms with E-state index in [1.54, 1.807) is 7.11 Å². The maximum atomic E-state index is 10.7. The van der Waals surface area contributed by atoms with Crippen LogP contribution in [0.1, 0.15) is 0 Å². The van der Waals surface area contributed by atoms with Gasteiger partial charge in [-0.15, -0.1) is 0 Å². The van der Waals surface area contributed by atoms with E-state index < -0.39 is 5.97 Å². The maximum Gasteiger partial charge on any atom is 0.317 e. The van der Waals surface area contributed by atoms with E-state index in [0.29, 0.717) is 13.2 Å². The number of methoxy groups -OCH3 is 1. The lowest BCUT2D eigenvalue weighted by Gasteiger charge is -2.36. The Hall–Kier alpha value is -1.79. The number of ether oxygens (including phenoxy) is 2. The number of anilines is 1. The summed E-state index contributed by atoms with van der Waals surface area (Å²) in [5.74, 6) is 0.0768. The van der Waals surface area contributed by atoms with Gasteiger partial charge in [0.25, 0.3) is 0 Å². The van der Waals surface area contributed by atoms with Crippen molar-refractivity contribution in [2.45, 2.75) is 0 Å². The summed E-state index contributed by atoms with van der Waals surface area (Å²) in [6.07, 6.45) is 0. The fourth-order valence-electron chi connectivity index (χ4n) is 2.41. The summed E-state index contributed by atoms with van der Waals surface area (Å²) in [7, 11) is 1.65. The molecule has 1 aromatic rings. The average Bonchev–Trinajstić information content (AvgIpc) is 2.48. The largest absolute Gasteiger partial charge is 0.489 e. The van der Waals surface area contributed by atoms with Crippen LogP contribution in [0.5, 0.6) is 5.75 Å². The molecule has 6 heteroatoms. The van der Waals surface area contributed by atoms with E-state index in [9.17, 15) is 4.79 Å². The van der Waals surface area contributed by atoms with Crippen LogP contribution < -0.4 is 9.64 Å². The molecular weight excluding hydrogens is 272 g/mol. The summed E-state index contributed by atoms with van der Waals surface area (Å²) in [6.45, 7) is 4.29. The molecule has 0 radical (unpaired) electrons. The molecule has 0 saturated carbocycles. The summed E-state index contributed by atoms with van der Waals surface area (Å²) in [4.78, 5) is 14.9. The highest BCUT2D eigenvalue weighted by Gasteiger charge is 2.20. The number of rotatable bonds is 7. The Balaban J connectivity index is 1.94. The molecule has 6 nitrogen and oxygen atoms in total. The lowest BCUT2D eigenvalue weighted by Crippen LogP contribution is -2.48. The van der Waals surface area contributed by atoms with Crippen molar-refractivity contribution in [1.29, 1.82) is 0 Å². The van der Waals surface area contributed by atoms with Crippen LogP contribution in [0.4, 0.5) is 5.69 Å². The van der Waals surface area contributed by atoms with Gasteiger partial charge >= 0.3 is 5.97 Å². The number of piperazine rings is 1. The number of carboxylic acid groups (broad SMARTS) is 1. The zero-order chi connectivity index (χ0) is 15.1. The number of aliphatic carboxylic acids is 1. The van der Waals surface area contributed by atoms with E-state index in [1.807, 2.05) is 29.2 Å². The van der Waals surface area contributed by atoms with Gasteiger partial charge in [-0.3, -0.25) is 9.69 Å². The first-order chi connectivity index (χ1) is 10.2. The number of carboxylic acids is 1. The topological polar surface area (TPSA) is 62.2 Å². The molecule has 0 unspecified atom stereocenters. The Kier molecular flexibility index (Phi) is 5.83. The molecular formula is C15H22N2O4. The second kappa shape index (κ2) is 7.85. The average molecular weight is 294 g/mol. The fourth-order valence-corrected chi connectivity index (χ4v) is 2.41. The Morgan fingerprint density at radius 2 is 1.90 bits per heavy atom. The van der Waals surface area contributed by atoms with Gasteiger partial charge in [-0.1, -0.05) is 12.1 Å². The van der Waals surface area contributed by atoms with Gasteiger partial charge in [-0.25, -0.2) is 0 Å². The highest BCUT2D eigenvalue weighted by atomic mass is 16.5. The first kappa shape index (κ1) is 15.6. The monoisotopic (exact) mass is 294 g/mol. The van der Waals surface area contributed by atoms with Gasteiger partial charge in [0.1, 0.15) is 12.4 Å². The lowest BCUT2D eigenvalue weighted by atomic mass is 10.2. The van der Waals surface area contributed by atoms with Crippen LogP contribution in [0.15, 0.2) is 24.3 Å². The predicted octanol–water partition coefficient (Wildman–Crippen LogP) is 0.918. The fraction of sp³-hybridized carbons (Fsp3) is 0.533. The Morgan fingerprint density at radius 3 is 2.57 bits per heavy atom. The molecule has 1 heterocycles. The Morgan fingerprint density at radius 1 is 1.19 bits per heavy atom. The molecule has 1 saturated heterocycles. The molecule has 1 aromatic carbocycles. The van der Waals surface area contributed by atoms with Crippen molar-refractivity contribution < 1.29 is 19.4 Å². The third kappa shape index (κ3) is 4.61. The van der Waals surface area contributed by atoms with Crippen molar-refractivity contribution >= 4 is 11.7 Å². The second-order valence-electron chi connectivity index (χ2n) is 4.97. The lowest BCUT2D eigenvalue weighted by molar-refractivity contribution is -0.138. The van der Waals surface area contributed by atoms with Crippen LogP contribution in [0.2, 0.25) is 0 Å². The van der Waals surface area contributed by atoms with Crippen molar-refractivity contribution in [3.63, 3.8) is 0 Å². The summed E-state index contributed by atoms with van der Waals surface area (Å²) >= 11 is 0. The zero-order valence-corrected chi connectivity index (χ0v) is 12.3. The van der Waals surface area contributed by atoms with Crippen LogP contribution >= 0.6 is 0 Å². The molecule has 1 aliphatic rings. The second-order valence-corrected chi connectivity index (χ2v) is 4.97. The summed E-state index contributed by atoms with van der Waals surface area (Å²) < 4.78 is 10.7. The van der Waals surface area contributed by atoms with E-state index in [2.05, 4.69) is 4.90 Å². The highest BCUT2D eigenvalue weighted by molar-refractivity contribution is 5.69. The first-order valence-electron chi connectivity index (χ1n) is 7.10. The minimum Gasteiger partial charge on any atom is -0.489 e. The Bertz CT molecular complexity index is 459. The van der Waals surface area contributed by atoms with Crippen LogP contribution in [-0.2, 0) is 9.53 Å². The summed E-state index contributed by atoms with van der Waals surface area (Å²) in [5, 5.41) is 8.83. The Labute approximate surface area is 124 Å². The van der Waals surface area contributed by atoms with Crippen molar-refractivity contribution in [3.05, 3.63) is 24.3 Å². The SMILES string of the molecule is COCCOc1ccccc1N1CCN(CC(=O)O)CC1. The molecule has 0 aromatic heterocycles. The predicted molar refractivity (Wildman–Crippen MR) is 80.1 cm³/mol. The third-order valence-electron chi connectivity index (χ3n) is 3.48. The molecule has 0 spiro atoms. The minimum absolute atomic E-state index is 0.111. The van der Waals surface area contributed by atoms with Gasteiger partial charge in [-0.2, -0.15) is 0 Å². The maximum absolute atomic E-state index is 10.7. The van der Waals surface area contributed by atoms with Crippen molar-refractivity contribution in [2.75, 3.05) is 57.9 Å². The minimum atomic E-state index is -0.772. The van der Waals surface area contributed by atoms with Crippen molar-refractivity contribution in [2.24, 2.45) is 0 Å². The van der Waals surface area contributed by atoms with Gasteiger partial charge < -0.3 is 19.5 Å². The third-order valence-corrected chi connectivity index (χ3v) is 3.48. The number of para-hydroxylation sites is 2. The number of carbonyl (C=O) groups is 1. The number of benzene rings is 1. The molecule has 0 atom stereocenters. The quantitative estimate of drug-likeness (QED) is 0.755. The number of nitrogens with zero attached hydrogens (tertiary/aromatic N) is 2. The molecule has 1 aliphatic heterocycles. The van der Waals surface area contributed by atoms with Gasteiger partial charge in [0, 0.05) is 33.3 Å². The van der Waals surface area contributed by atoms with E-state index in [4.69, 9.17) is 14.6 Å². The van der Waals surface area contributed by atoms with E-state index in [0.717, 1.165) is 37.6 Å². The van der Waals surface area contributed by atoms with E-state index in [-0.39, 0.29) is 6.54 Å². The van der Waals surface area contributed by atoms with Crippen LogP contribution in [-0.4, -0.2) is 69.0 Å². The summed E-state index contributed by atoms with van der Waals surface area (Å²) in [6, 6.07) is 7.93. The zero-order valence-electron chi connectivity index (χ0n) is 12.3. The molecule has 21 heavy (non-hydrogen) atoms. The van der Waals surface area contributed by atoms with Crippen LogP contribution in [0.25, 0.3) is 0 Å². The van der Waals surface area contributed by atoms with Gasteiger partial charge in [-0.05, 0) is 12.1 Å². The van der Waals surface area contributed by atoms with Crippen LogP contribution in [0, 0.1) is 0 Å². The van der Waals surface area contributed by atoms with E-state index in [1.165, 1.54) is 0 Å². The molecule has 1 N–H and O–H groups in total. The molecule has 116 valence electrons. The number of hydrogen-bond donors (Lipinski definition) is 1. The van der Waals surface area contributed by atoms with E-state index >= 15 is 0 Å². The molecule has 2 rings (SSSR count). The van der Waals surface area contributed by atoms with Crippen molar-refractivity contribution in [1.82, 2.24) is 4.90 Å². The summed E-state index contributed by atoms with van der Waals surface area (Å²) in [5.41, 5.74) is 1.06. The first-order valence-corrected chi connectivity index (χ1v) is 7.10. The van der Waals surface area contributed by atoms with Gasteiger partial charge in [0.05, 0.1) is 18.8 Å². The van der Waals surface area contributed by atoms with Gasteiger partial charge in [0.15, 0.2) is 0 Å². The number of hydrogen-bond acceptors (Lipinski definition) is 5. The normalized spacial score (nSPS) is 16.0. The smallest absolute Gasteiger partial charge is 0.317 e. The van der Waals surface area contributed by atoms with Crippen molar-refractivity contribution in [3.8, 4) is 5.75 Å². The highest BCUT2D eigenvalue weighted by Crippen LogP contribution is 2.28. The molecule has 0 bridgehead atoms. The molecule has 0 amide bonds.